The van der Waals surface area contributed by atoms with E-state index in [1.54, 1.807) is 12.4 Å². The molecule has 0 spiro atoms. The van der Waals surface area contributed by atoms with Crippen molar-refractivity contribution in [1.29, 1.82) is 0 Å². The van der Waals surface area contributed by atoms with Crippen molar-refractivity contribution in [3.8, 4) is 0 Å². The van der Waals surface area contributed by atoms with Crippen LogP contribution in [0.25, 0.3) is 0 Å². The SMILES string of the molecule is O=C(Nc1cn[nH]c1)[C@H]1CCN(c2ncc(F)cn2)C1. The second-order valence-corrected chi connectivity index (χ2v) is 4.61. The van der Waals surface area contributed by atoms with Crippen LogP contribution >= 0.6 is 0 Å². The fourth-order valence-electron chi connectivity index (χ4n) is 2.19. The van der Waals surface area contributed by atoms with Crippen molar-refractivity contribution < 1.29 is 9.18 Å². The molecule has 0 saturated carbocycles. The highest BCUT2D eigenvalue weighted by Gasteiger charge is 2.29. The standard InChI is InChI=1S/C12H13FN6O/c13-9-3-14-12(15-4-9)19-2-1-8(7-19)11(20)18-10-5-16-17-6-10/h3-6,8H,1-2,7H2,(H,16,17)(H,18,20)/t8-/m0/s1. The zero-order chi connectivity index (χ0) is 13.9. The highest BCUT2D eigenvalue weighted by molar-refractivity contribution is 5.93. The second kappa shape index (κ2) is 5.24. The van der Waals surface area contributed by atoms with Gasteiger partial charge in [0, 0.05) is 19.3 Å². The van der Waals surface area contributed by atoms with Crippen LogP contribution in [-0.4, -0.2) is 39.2 Å². The molecule has 2 N–H and O–H groups in total. The molecule has 0 aromatic carbocycles. The number of hydrogen-bond donors (Lipinski definition) is 2. The molecule has 0 unspecified atom stereocenters. The number of hydrogen-bond acceptors (Lipinski definition) is 5. The van der Waals surface area contributed by atoms with Gasteiger partial charge < -0.3 is 10.2 Å². The highest BCUT2D eigenvalue weighted by Crippen LogP contribution is 2.21. The van der Waals surface area contributed by atoms with Gasteiger partial charge in [-0.1, -0.05) is 0 Å². The molecule has 20 heavy (non-hydrogen) atoms. The van der Waals surface area contributed by atoms with E-state index < -0.39 is 5.82 Å². The van der Waals surface area contributed by atoms with E-state index in [1.807, 2.05) is 4.90 Å². The molecule has 1 atom stereocenters. The van der Waals surface area contributed by atoms with Gasteiger partial charge in [-0.05, 0) is 6.42 Å². The first-order valence-corrected chi connectivity index (χ1v) is 6.24. The van der Waals surface area contributed by atoms with E-state index in [0.29, 0.717) is 31.1 Å². The molecule has 8 heteroatoms. The lowest BCUT2D eigenvalue weighted by Gasteiger charge is -2.15. The van der Waals surface area contributed by atoms with Crippen LogP contribution in [0.1, 0.15) is 6.42 Å². The largest absolute Gasteiger partial charge is 0.340 e. The van der Waals surface area contributed by atoms with E-state index in [-0.39, 0.29) is 11.8 Å². The van der Waals surface area contributed by atoms with Gasteiger partial charge in [-0.3, -0.25) is 9.89 Å². The Labute approximate surface area is 114 Å². The first-order valence-electron chi connectivity index (χ1n) is 6.24. The summed E-state index contributed by atoms with van der Waals surface area (Å²) in [5.74, 6) is -0.221. The number of nitrogens with one attached hydrogen (secondary N) is 2. The van der Waals surface area contributed by atoms with E-state index >= 15 is 0 Å². The molecular weight excluding hydrogens is 263 g/mol. The number of rotatable bonds is 3. The van der Waals surface area contributed by atoms with Crippen LogP contribution in [0.2, 0.25) is 0 Å². The van der Waals surface area contributed by atoms with Crippen molar-refractivity contribution >= 4 is 17.5 Å². The molecule has 1 saturated heterocycles. The number of H-pyrrole nitrogens is 1. The molecule has 1 amide bonds. The van der Waals surface area contributed by atoms with Gasteiger partial charge in [-0.25, -0.2) is 14.4 Å². The number of amides is 1. The number of anilines is 2. The van der Waals surface area contributed by atoms with Gasteiger partial charge in [-0.15, -0.1) is 0 Å². The van der Waals surface area contributed by atoms with Crippen molar-refractivity contribution in [2.45, 2.75) is 6.42 Å². The third kappa shape index (κ3) is 2.58. The molecule has 0 radical (unpaired) electrons. The van der Waals surface area contributed by atoms with E-state index in [1.165, 1.54) is 0 Å². The normalized spacial score (nSPS) is 18.2. The Morgan fingerprint density at radius 1 is 1.40 bits per heavy atom. The lowest BCUT2D eigenvalue weighted by molar-refractivity contribution is -0.119. The molecule has 7 nitrogen and oxygen atoms in total. The van der Waals surface area contributed by atoms with Gasteiger partial charge in [0.05, 0.1) is 30.2 Å². The van der Waals surface area contributed by atoms with Crippen molar-refractivity contribution in [3.05, 3.63) is 30.6 Å². The van der Waals surface area contributed by atoms with Crippen LogP contribution in [0.15, 0.2) is 24.8 Å². The Bertz CT molecular complexity index is 585. The van der Waals surface area contributed by atoms with Crippen LogP contribution < -0.4 is 10.2 Å². The van der Waals surface area contributed by atoms with Gasteiger partial charge in [0.1, 0.15) is 0 Å². The molecule has 3 rings (SSSR count). The lowest BCUT2D eigenvalue weighted by Crippen LogP contribution is -2.27. The monoisotopic (exact) mass is 276 g/mol. The van der Waals surface area contributed by atoms with Gasteiger partial charge in [0.25, 0.3) is 0 Å². The van der Waals surface area contributed by atoms with Crippen molar-refractivity contribution in [1.82, 2.24) is 20.2 Å². The maximum Gasteiger partial charge on any atom is 0.229 e. The average Bonchev–Trinajstić information content (AvgIpc) is 3.10. The quantitative estimate of drug-likeness (QED) is 0.866. The predicted octanol–water partition coefficient (Wildman–Crippen LogP) is 0.804. The van der Waals surface area contributed by atoms with Crippen molar-refractivity contribution in [3.63, 3.8) is 0 Å². The highest BCUT2D eigenvalue weighted by atomic mass is 19.1. The minimum absolute atomic E-state index is 0.0592. The smallest absolute Gasteiger partial charge is 0.229 e. The summed E-state index contributed by atoms with van der Waals surface area (Å²) in [6, 6.07) is 0. The topological polar surface area (TPSA) is 86.8 Å². The molecule has 1 aliphatic heterocycles. The number of nitrogens with zero attached hydrogens (tertiary/aromatic N) is 4. The molecule has 1 aliphatic rings. The first kappa shape index (κ1) is 12.5. The van der Waals surface area contributed by atoms with Crippen LogP contribution in [0.4, 0.5) is 16.0 Å². The molecule has 2 aromatic heterocycles. The second-order valence-electron chi connectivity index (χ2n) is 4.61. The molecule has 3 heterocycles. The van der Waals surface area contributed by atoms with E-state index in [0.717, 1.165) is 12.4 Å². The maximum atomic E-state index is 12.8. The van der Waals surface area contributed by atoms with E-state index in [2.05, 4.69) is 25.5 Å². The minimum Gasteiger partial charge on any atom is -0.340 e. The summed E-state index contributed by atoms with van der Waals surface area (Å²) in [4.78, 5) is 21.8. The summed E-state index contributed by atoms with van der Waals surface area (Å²) in [5, 5.41) is 9.19. The number of aromatic amines is 1. The molecular formula is C12H13FN6O. The lowest BCUT2D eigenvalue weighted by atomic mass is 10.1. The number of carbonyl (C=O) groups is 1. The fourth-order valence-corrected chi connectivity index (χ4v) is 2.19. The fraction of sp³-hybridized carbons (Fsp3) is 0.333. The van der Waals surface area contributed by atoms with E-state index in [4.69, 9.17) is 0 Å². The maximum absolute atomic E-state index is 12.8. The van der Waals surface area contributed by atoms with Gasteiger partial charge in [0.15, 0.2) is 5.82 Å². The molecule has 1 fully saturated rings. The van der Waals surface area contributed by atoms with Crippen LogP contribution in [0.5, 0.6) is 0 Å². The average molecular weight is 276 g/mol. The Balaban J connectivity index is 1.61. The Kier molecular flexibility index (Phi) is 3.28. The van der Waals surface area contributed by atoms with E-state index in [9.17, 15) is 9.18 Å². The predicted molar refractivity (Wildman–Crippen MR) is 69.5 cm³/mol. The number of carbonyl (C=O) groups excluding carboxylic acids is 1. The first-order chi connectivity index (χ1) is 9.72. The van der Waals surface area contributed by atoms with Gasteiger partial charge in [0.2, 0.25) is 11.9 Å². The van der Waals surface area contributed by atoms with Crippen LogP contribution in [-0.2, 0) is 4.79 Å². The number of aromatic nitrogens is 4. The summed E-state index contributed by atoms with van der Waals surface area (Å²) >= 11 is 0. The number of halogens is 1. The molecule has 0 aliphatic carbocycles. The zero-order valence-electron chi connectivity index (χ0n) is 10.6. The Morgan fingerprint density at radius 3 is 2.90 bits per heavy atom. The van der Waals surface area contributed by atoms with Gasteiger partial charge in [-0.2, -0.15) is 5.10 Å². The van der Waals surface area contributed by atoms with Gasteiger partial charge >= 0.3 is 0 Å². The minimum atomic E-state index is -0.470. The third-order valence-electron chi connectivity index (χ3n) is 3.21. The van der Waals surface area contributed by atoms with Crippen LogP contribution in [0, 0.1) is 11.7 Å². The molecule has 2 aromatic rings. The van der Waals surface area contributed by atoms with Crippen LogP contribution in [0.3, 0.4) is 0 Å². The summed E-state index contributed by atoms with van der Waals surface area (Å²) in [6.07, 6.45) is 6.13. The third-order valence-corrected chi connectivity index (χ3v) is 3.21. The Hall–Kier alpha value is -2.51. The summed E-state index contributed by atoms with van der Waals surface area (Å²) in [5.41, 5.74) is 0.645. The zero-order valence-corrected chi connectivity index (χ0v) is 10.6. The summed E-state index contributed by atoms with van der Waals surface area (Å²) in [7, 11) is 0. The summed E-state index contributed by atoms with van der Waals surface area (Å²) < 4.78 is 12.8. The molecule has 0 bridgehead atoms. The summed E-state index contributed by atoms with van der Waals surface area (Å²) in [6.45, 7) is 1.20. The molecule has 104 valence electrons. The van der Waals surface area contributed by atoms with Crippen molar-refractivity contribution in [2.75, 3.05) is 23.3 Å². The van der Waals surface area contributed by atoms with Crippen molar-refractivity contribution in [2.24, 2.45) is 5.92 Å². The Morgan fingerprint density at radius 2 is 2.20 bits per heavy atom.